The molecule has 2 aromatic heterocycles. The Morgan fingerprint density at radius 2 is 1.94 bits per heavy atom. The second-order valence-electron chi connectivity index (χ2n) is 7.02. The standard InChI is InChI=1S/C21H23N5O6S/c1-29-19-8-15(12-25-13-16(10-22)11-23-25)9-20-21(19)18(24-32-20)14-31-26(30-2)33(27,28)17-6-4-3-5-7-17/h3-9,11,13H,10,12,14,22H2,1-2H3. The molecule has 11 nitrogen and oxygen atoms in total. The Labute approximate surface area is 190 Å². The molecular weight excluding hydrogens is 450 g/mol. The van der Waals surface area contributed by atoms with Gasteiger partial charge in [-0.25, -0.2) is 8.42 Å². The Morgan fingerprint density at radius 1 is 1.15 bits per heavy atom. The molecule has 0 spiro atoms. The van der Waals surface area contributed by atoms with Gasteiger partial charge in [-0.2, -0.15) is 5.10 Å². The number of ether oxygens (including phenoxy) is 1. The van der Waals surface area contributed by atoms with Crippen molar-refractivity contribution >= 4 is 21.0 Å². The predicted molar refractivity (Wildman–Crippen MR) is 117 cm³/mol. The fourth-order valence-electron chi connectivity index (χ4n) is 3.30. The van der Waals surface area contributed by atoms with Gasteiger partial charge in [-0.15, -0.1) is 0 Å². The molecular formula is C21H23N5O6S. The van der Waals surface area contributed by atoms with Gasteiger partial charge in [0.05, 0.1) is 41.9 Å². The second kappa shape index (κ2) is 9.68. The molecule has 0 radical (unpaired) electrons. The Kier molecular flexibility index (Phi) is 6.72. The van der Waals surface area contributed by atoms with Crippen LogP contribution in [0.1, 0.15) is 16.8 Å². The first-order valence-corrected chi connectivity index (χ1v) is 11.3. The number of methoxy groups -OCH3 is 1. The van der Waals surface area contributed by atoms with Crippen LogP contribution in [-0.4, -0.2) is 42.2 Å². The van der Waals surface area contributed by atoms with Gasteiger partial charge < -0.3 is 15.0 Å². The number of aromatic nitrogens is 3. The van der Waals surface area contributed by atoms with Crippen LogP contribution in [-0.2, 0) is 39.4 Å². The molecule has 0 amide bonds. The van der Waals surface area contributed by atoms with Crippen molar-refractivity contribution in [2.24, 2.45) is 5.73 Å². The summed E-state index contributed by atoms with van der Waals surface area (Å²) in [4.78, 5) is 10.4. The quantitative estimate of drug-likeness (QED) is 0.344. The summed E-state index contributed by atoms with van der Waals surface area (Å²) < 4.78 is 38.7. The van der Waals surface area contributed by atoms with E-state index in [1.807, 2.05) is 18.3 Å². The van der Waals surface area contributed by atoms with Gasteiger partial charge in [-0.1, -0.05) is 23.4 Å². The molecule has 4 rings (SSSR count). The normalized spacial score (nSPS) is 12.0. The van der Waals surface area contributed by atoms with E-state index in [9.17, 15) is 8.42 Å². The Bertz CT molecular complexity index is 1340. The third-order valence-electron chi connectivity index (χ3n) is 4.85. The van der Waals surface area contributed by atoms with E-state index < -0.39 is 10.0 Å². The van der Waals surface area contributed by atoms with Gasteiger partial charge in [0.1, 0.15) is 18.1 Å². The van der Waals surface area contributed by atoms with Gasteiger partial charge in [0.25, 0.3) is 10.0 Å². The zero-order chi connectivity index (χ0) is 23.4. The summed E-state index contributed by atoms with van der Waals surface area (Å²) in [6.07, 6.45) is 3.58. The Morgan fingerprint density at radius 3 is 2.61 bits per heavy atom. The van der Waals surface area contributed by atoms with E-state index in [0.717, 1.165) is 11.1 Å². The maximum atomic E-state index is 12.7. The molecule has 0 bridgehead atoms. The van der Waals surface area contributed by atoms with Crippen LogP contribution in [0.5, 0.6) is 5.75 Å². The van der Waals surface area contributed by atoms with E-state index in [4.69, 9.17) is 24.7 Å². The predicted octanol–water partition coefficient (Wildman–Crippen LogP) is 2.22. The van der Waals surface area contributed by atoms with Crippen LogP contribution in [0.3, 0.4) is 0 Å². The van der Waals surface area contributed by atoms with Crippen molar-refractivity contribution in [3.8, 4) is 5.75 Å². The molecule has 2 N–H and O–H groups in total. The fraction of sp³-hybridized carbons (Fsp3) is 0.238. The van der Waals surface area contributed by atoms with Crippen LogP contribution in [0.25, 0.3) is 11.0 Å². The fourth-order valence-corrected chi connectivity index (χ4v) is 4.36. The molecule has 0 atom stereocenters. The summed E-state index contributed by atoms with van der Waals surface area (Å²) in [6.45, 7) is 0.652. The third kappa shape index (κ3) is 4.74. The zero-order valence-electron chi connectivity index (χ0n) is 18.0. The SMILES string of the molecule is COc1cc(Cn2cc(CN)cn2)cc2onc(CON(OC)S(=O)(=O)c3ccccc3)c12. The van der Waals surface area contributed by atoms with E-state index in [1.54, 1.807) is 29.1 Å². The summed E-state index contributed by atoms with van der Waals surface area (Å²) in [5, 5.41) is 8.88. The van der Waals surface area contributed by atoms with Gasteiger partial charge in [-0.05, 0) is 29.8 Å². The number of sulfonamides is 1. The molecule has 12 heteroatoms. The van der Waals surface area contributed by atoms with Crippen molar-refractivity contribution in [2.75, 3.05) is 14.2 Å². The highest BCUT2D eigenvalue weighted by atomic mass is 32.2. The van der Waals surface area contributed by atoms with Gasteiger partial charge in [-0.3, -0.25) is 14.4 Å². The highest BCUT2D eigenvalue weighted by Crippen LogP contribution is 2.32. The lowest BCUT2D eigenvalue weighted by molar-refractivity contribution is -0.294. The number of hydrogen-bond donors (Lipinski definition) is 1. The summed E-state index contributed by atoms with van der Waals surface area (Å²) in [7, 11) is -1.31. The van der Waals surface area contributed by atoms with Crippen LogP contribution in [0.2, 0.25) is 0 Å². The van der Waals surface area contributed by atoms with Crippen molar-refractivity contribution in [2.45, 2.75) is 24.6 Å². The first kappa shape index (κ1) is 22.9. The first-order chi connectivity index (χ1) is 16.0. The summed E-state index contributed by atoms with van der Waals surface area (Å²) in [5.74, 6) is 0.503. The summed E-state index contributed by atoms with van der Waals surface area (Å²) in [5.41, 5.74) is 8.25. The number of benzene rings is 2. The molecule has 0 aliphatic carbocycles. The van der Waals surface area contributed by atoms with Crippen molar-refractivity contribution in [1.82, 2.24) is 19.6 Å². The van der Waals surface area contributed by atoms with E-state index >= 15 is 0 Å². The molecule has 0 fully saturated rings. The van der Waals surface area contributed by atoms with E-state index in [1.165, 1.54) is 26.4 Å². The van der Waals surface area contributed by atoms with Gasteiger partial charge in [0.2, 0.25) is 0 Å². The lowest BCUT2D eigenvalue weighted by Crippen LogP contribution is -2.30. The zero-order valence-corrected chi connectivity index (χ0v) is 18.9. The van der Waals surface area contributed by atoms with Crippen LogP contribution >= 0.6 is 0 Å². The van der Waals surface area contributed by atoms with Crippen LogP contribution in [0, 0.1) is 0 Å². The van der Waals surface area contributed by atoms with Crippen molar-refractivity contribution in [3.05, 3.63) is 71.7 Å². The average Bonchev–Trinajstić information content (AvgIpc) is 3.46. The molecule has 174 valence electrons. The Hall–Kier alpha value is -3.29. The molecule has 0 aliphatic rings. The lowest BCUT2D eigenvalue weighted by atomic mass is 10.1. The van der Waals surface area contributed by atoms with Gasteiger partial charge in [0, 0.05) is 18.3 Å². The van der Waals surface area contributed by atoms with Gasteiger partial charge >= 0.3 is 0 Å². The van der Waals surface area contributed by atoms with Crippen LogP contribution in [0.4, 0.5) is 0 Å². The minimum atomic E-state index is -4.03. The molecule has 0 saturated heterocycles. The van der Waals surface area contributed by atoms with Crippen LogP contribution in [0.15, 0.2) is 64.3 Å². The third-order valence-corrected chi connectivity index (χ3v) is 6.36. The highest BCUT2D eigenvalue weighted by molar-refractivity contribution is 7.88. The summed E-state index contributed by atoms with van der Waals surface area (Å²) >= 11 is 0. The van der Waals surface area contributed by atoms with Gasteiger partial charge in [0.15, 0.2) is 5.58 Å². The molecule has 0 unspecified atom stereocenters. The molecule has 33 heavy (non-hydrogen) atoms. The minimum absolute atomic E-state index is 0.0236. The Balaban J connectivity index is 1.57. The number of nitrogens with two attached hydrogens (primary N) is 1. The van der Waals surface area contributed by atoms with Crippen molar-refractivity contribution in [1.29, 1.82) is 0 Å². The topological polar surface area (TPSA) is 135 Å². The molecule has 0 saturated carbocycles. The van der Waals surface area contributed by atoms with Crippen molar-refractivity contribution in [3.63, 3.8) is 0 Å². The minimum Gasteiger partial charge on any atom is -0.496 e. The summed E-state index contributed by atoms with van der Waals surface area (Å²) in [6, 6.07) is 11.5. The largest absolute Gasteiger partial charge is 0.496 e. The van der Waals surface area contributed by atoms with E-state index in [0.29, 0.717) is 40.1 Å². The van der Waals surface area contributed by atoms with Crippen molar-refractivity contribution < 1.29 is 27.4 Å². The maximum absolute atomic E-state index is 12.7. The van der Waals surface area contributed by atoms with E-state index in [-0.39, 0.29) is 11.5 Å². The number of fused-ring (bicyclic) bond motifs is 1. The highest BCUT2D eigenvalue weighted by Gasteiger charge is 2.27. The smallest absolute Gasteiger partial charge is 0.288 e. The average molecular weight is 474 g/mol. The molecule has 2 aromatic carbocycles. The second-order valence-corrected chi connectivity index (χ2v) is 8.74. The van der Waals surface area contributed by atoms with E-state index in [2.05, 4.69) is 10.3 Å². The number of nitrogens with zero attached hydrogens (tertiary/aromatic N) is 4. The molecule has 2 heterocycles. The first-order valence-electron chi connectivity index (χ1n) is 9.90. The maximum Gasteiger partial charge on any atom is 0.288 e. The monoisotopic (exact) mass is 473 g/mol. The van der Waals surface area contributed by atoms with Crippen LogP contribution < -0.4 is 10.5 Å². The lowest BCUT2D eigenvalue weighted by Gasteiger charge is -2.18. The molecule has 4 aromatic rings. The molecule has 0 aliphatic heterocycles. The number of rotatable bonds is 10. The number of hydrogen-bond acceptors (Lipinski definition) is 9.